The molecule has 33 heavy (non-hydrogen) atoms. The van der Waals surface area contributed by atoms with Crippen molar-refractivity contribution in [3.8, 4) is 0 Å². The number of nitrogens with one attached hydrogen (secondary N) is 1. The van der Waals surface area contributed by atoms with Gasteiger partial charge in [-0.3, -0.25) is 4.79 Å². The zero-order valence-corrected chi connectivity index (χ0v) is 17.5. The monoisotopic (exact) mass is 462 g/mol. The summed E-state index contributed by atoms with van der Waals surface area (Å²) < 4.78 is 61.2. The molecule has 0 saturated heterocycles. The number of fused-ring (bicyclic) bond motifs is 2. The Morgan fingerprint density at radius 1 is 1.24 bits per heavy atom. The third kappa shape index (κ3) is 3.55. The van der Waals surface area contributed by atoms with E-state index in [1.807, 2.05) is 0 Å². The number of alkyl halides is 4. The standard InChI is InChI=1S/C21H18F4N6O2/c1-20(2,22)19-26-9-15(33-19)18(32)30-7-5-12-16(28-10-27-12)17(30)13-8-14-11(21(23,24)25)4-3-6-31(14)29-13/h3-4,6,8-10,17H,5,7H2,1-2H3,(H,27,28)/t17-/m0/s1. The van der Waals surface area contributed by atoms with Crippen LogP contribution in [0.3, 0.4) is 0 Å². The highest BCUT2D eigenvalue weighted by Gasteiger charge is 2.39. The van der Waals surface area contributed by atoms with Crippen molar-refractivity contribution in [2.24, 2.45) is 0 Å². The minimum absolute atomic E-state index is 0.142. The van der Waals surface area contributed by atoms with E-state index in [9.17, 15) is 22.4 Å². The highest BCUT2D eigenvalue weighted by molar-refractivity contribution is 5.92. The summed E-state index contributed by atoms with van der Waals surface area (Å²) in [5.41, 5.74) is -1.44. The number of imidazole rings is 1. The molecule has 0 bridgehead atoms. The van der Waals surface area contributed by atoms with Crippen molar-refractivity contribution in [3.05, 3.63) is 71.2 Å². The summed E-state index contributed by atoms with van der Waals surface area (Å²) in [5, 5.41) is 4.32. The van der Waals surface area contributed by atoms with E-state index in [4.69, 9.17) is 4.42 Å². The van der Waals surface area contributed by atoms with E-state index < -0.39 is 29.4 Å². The van der Waals surface area contributed by atoms with Gasteiger partial charge in [-0.2, -0.15) is 18.3 Å². The average Bonchev–Trinajstić information content (AvgIpc) is 3.49. The number of hydrogen-bond acceptors (Lipinski definition) is 5. The summed E-state index contributed by atoms with van der Waals surface area (Å²) in [6, 6.07) is 2.65. The lowest BCUT2D eigenvalue weighted by atomic mass is 9.99. The number of oxazole rings is 1. The molecule has 1 aliphatic rings. The molecule has 0 aromatic carbocycles. The van der Waals surface area contributed by atoms with Crippen LogP contribution in [0.4, 0.5) is 17.6 Å². The van der Waals surface area contributed by atoms with Crippen LogP contribution >= 0.6 is 0 Å². The molecule has 0 radical (unpaired) electrons. The molecular weight excluding hydrogens is 444 g/mol. The number of halogens is 4. The van der Waals surface area contributed by atoms with Crippen molar-refractivity contribution in [3.63, 3.8) is 0 Å². The van der Waals surface area contributed by atoms with Crippen LogP contribution in [0, 0.1) is 0 Å². The second kappa shape index (κ2) is 7.15. The van der Waals surface area contributed by atoms with Crippen molar-refractivity contribution in [1.82, 2.24) is 29.5 Å². The van der Waals surface area contributed by atoms with Crippen LogP contribution < -0.4 is 0 Å². The van der Waals surface area contributed by atoms with Crippen LogP contribution in [0.15, 0.2) is 41.3 Å². The molecule has 1 aliphatic heterocycles. The quantitative estimate of drug-likeness (QED) is 0.464. The lowest BCUT2D eigenvalue weighted by molar-refractivity contribution is -0.136. The van der Waals surface area contributed by atoms with Crippen LogP contribution in [0.5, 0.6) is 0 Å². The fourth-order valence-electron chi connectivity index (χ4n) is 3.99. The van der Waals surface area contributed by atoms with Crippen molar-refractivity contribution in [1.29, 1.82) is 0 Å². The summed E-state index contributed by atoms with van der Waals surface area (Å²) in [6.07, 6.45) is -0.133. The Balaban J connectivity index is 1.61. The maximum atomic E-state index is 14.2. The molecule has 5 heterocycles. The largest absolute Gasteiger partial charge is 0.432 e. The summed E-state index contributed by atoms with van der Waals surface area (Å²) in [6.45, 7) is 2.72. The molecule has 1 N–H and O–H groups in total. The Bertz CT molecular complexity index is 1350. The molecule has 4 aromatic heterocycles. The van der Waals surface area contributed by atoms with Crippen LogP contribution in [-0.2, 0) is 18.3 Å². The predicted octanol–water partition coefficient (Wildman–Crippen LogP) is 4.06. The molecule has 0 aliphatic carbocycles. The highest BCUT2D eigenvalue weighted by atomic mass is 19.4. The van der Waals surface area contributed by atoms with E-state index in [1.165, 1.54) is 43.4 Å². The molecule has 1 atom stereocenters. The van der Waals surface area contributed by atoms with Gasteiger partial charge in [-0.15, -0.1) is 0 Å². The molecule has 1 amide bonds. The van der Waals surface area contributed by atoms with Crippen LogP contribution in [-0.4, -0.2) is 41.9 Å². The van der Waals surface area contributed by atoms with Crippen LogP contribution in [0.2, 0.25) is 0 Å². The van der Waals surface area contributed by atoms with Gasteiger partial charge in [-0.05, 0) is 32.0 Å². The van der Waals surface area contributed by atoms with Crippen molar-refractivity contribution < 1.29 is 26.8 Å². The molecular formula is C21H18F4N6O2. The van der Waals surface area contributed by atoms with E-state index in [1.54, 1.807) is 0 Å². The zero-order chi connectivity index (χ0) is 23.5. The zero-order valence-electron chi connectivity index (χ0n) is 17.5. The van der Waals surface area contributed by atoms with Crippen LogP contribution in [0.25, 0.3) is 5.52 Å². The van der Waals surface area contributed by atoms with E-state index in [0.29, 0.717) is 12.1 Å². The summed E-state index contributed by atoms with van der Waals surface area (Å²) in [7, 11) is 0. The van der Waals surface area contributed by atoms with Gasteiger partial charge >= 0.3 is 6.18 Å². The third-order valence-electron chi connectivity index (χ3n) is 5.52. The first kappa shape index (κ1) is 21.2. The molecule has 0 saturated carbocycles. The fourth-order valence-corrected chi connectivity index (χ4v) is 3.99. The number of pyridine rings is 1. The molecule has 172 valence electrons. The number of rotatable bonds is 3. The Kier molecular flexibility index (Phi) is 4.59. The Labute approximate surface area is 184 Å². The van der Waals surface area contributed by atoms with Gasteiger partial charge in [0.2, 0.25) is 11.7 Å². The fraction of sp³-hybridized carbons (Fsp3) is 0.333. The Hall–Kier alpha value is -3.70. The number of H-pyrrole nitrogens is 1. The van der Waals surface area contributed by atoms with E-state index in [2.05, 4.69) is 20.1 Å². The third-order valence-corrected chi connectivity index (χ3v) is 5.52. The number of carbonyl (C=O) groups excluding carboxylic acids is 1. The van der Waals surface area contributed by atoms with E-state index in [-0.39, 0.29) is 29.4 Å². The Morgan fingerprint density at radius 3 is 2.73 bits per heavy atom. The maximum absolute atomic E-state index is 14.2. The molecule has 12 heteroatoms. The molecule has 0 unspecified atom stereocenters. The minimum Gasteiger partial charge on any atom is -0.432 e. The minimum atomic E-state index is -4.57. The topological polar surface area (TPSA) is 92.3 Å². The predicted molar refractivity (Wildman–Crippen MR) is 106 cm³/mol. The van der Waals surface area contributed by atoms with Gasteiger partial charge in [0.25, 0.3) is 5.91 Å². The van der Waals surface area contributed by atoms with Gasteiger partial charge < -0.3 is 14.3 Å². The smallest absolute Gasteiger partial charge is 0.418 e. The van der Waals surface area contributed by atoms with E-state index in [0.717, 1.165) is 22.5 Å². The lowest BCUT2D eigenvalue weighted by Crippen LogP contribution is -2.40. The first-order valence-corrected chi connectivity index (χ1v) is 10.1. The highest BCUT2D eigenvalue weighted by Crippen LogP contribution is 2.37. The Morgan fingerprint density at radius 2 is 2.03 bits per heavy atom. The molecule has 4 aromatic rings. The van der Waals surface area contributed by atoms with Gasteiger partial charge in [0, 0.05) is 24.9 Å². The number of aromatic nitrogens is 5. The average molecular weight is 462 g/mol. The number of aromatic amines is 1. The van der Waals surface area contributed by atoms with E-state index >= 15 is 0 Å². The number of carbonyl (C=O) groups is 1. The number of amides is 1. The molecule has 5 rings (SSSR count). The lowest BCUT2D eigenvalue weighted by Gasteiger charge is -2.33. The summed E-state index contributed by atoms with van der Waals surface area (Å²) in [5.74, 6) is -1.02. The number of hydrogen-bond donors (Lipinski definition) is 1. The second-order valence-electron chi connectivity index (χ2n) is 8.24. The maximum Gasteiger partial charge on any atom is 0.418 e. The molecule has 0 fully saturated rings. The van der Waals surface area contributed by atoms with Gasteiger partial charge in [-0.1, -0.05) is 0 Å². The first-order chi connectivity index (χ1) is 15.5. The van der Waals surface area contributed by atoms with Crippen LogP contribution in [0.1, 0.15) is 59.0 Å². The van der Waals surface area contributed by atoms with Crippen molar-refractivity contribution in [2.75, 3.05) is 6.54 Å². The van der Waals surface area contributed by atoms with Gasteiger partial charge in [0.1, 0.15) is 6.04 Å². The molecule has 8 nitrogen and oxygen atoms in total. The van der Waals surface area contributed by atoms with Crippen molar-refractivity contribution >= 4 is 11.4 Å². The number of nitrogens with zero attached hydrogens (tertiary/aromatic N) is 5. The van der Waals surface area contributed by atoms with Gasteiger partial charge in [0.05, 0.1) is 35.0 Å². The first-order valence-electron chi connectivity index (χ1n) is 10.1. The normalized spacial score (nSPS) is 16.9. The molecule has 0 spiro atoms. The van der Waals surface area contributed by atoms with Gasteiger partial charge in [0.15, 0.2) is 5.67 Å². The summed E-state index contributed by atoms with van der Waals surface area (Å²) >= 11 is 0. The van der Waals surface area contributed by atoms with Gasteiger partial charge in [-0.25, -0.2) is 18.9 Å². The SMILES string of the molecule is CC(C)(F)c1ncc(C(=O)N2CCc3[nH]cnc3[C@@H]2c2cc3c(C(F)(F)F)cccn3n2)o1. The van der Waals surface area contributed by atoms with Crippen molar-refractivity contribution in [2.45, 2.75) is 38.2 Å². The summed E-state index contributed by atoms with van der Waals surface area (Å²) in [4.78, 5) is 25.9. The second-order valence-corrected chi connectivity index (χ2v) is 8.24.